The van der Waals surface area contributed by atoms with Crippen LogP contribution in [0.4, 0.5) is 0 Å². The van der Waals surface area contributed by atoms with Crippen molar-refractivity contribution in [3.63, 3.8) is 0 Å². The Morgan fingerprint density at radius 2 is 2.12 bits per heavy atom. The summed E-state index contributed by atoms with van der Waals surface area (Å²) in [6.45, 7) is 4.38. The summed E-state index contributed by atoms with van der Waals surface area (Å²) in [6, 6.07) is 7.09. The van der Waals surface area contributed by atoms with E-state index in [9.17, 15) is 0 Å². The molecule has 2 heteroatoms. The van der Waals surface area contributed by atoms with E-state index in [2.05, 4.69) is 37.4 Å². The lowest BCUT2D eigenvalue weighted by Gasteiger charge is -2.12. The van der Waals surface area contributed by atoms with Gasteiger partial charge in [0.2, 0.25) is 0 Å². The van der Waals surface area contributed by atoms with Gasteiger partial charge in [-0.05, 0) is 50.4 Å². The van der Waals surface area contributed by atoms with E-state index in [0.29, 0.717) is 6.04 Å². The van der Waals surface area contributed by atoms with E-state index in [4.69, 9.17) is 4.74 Å². The van der Waals surface area contributed by atoms with Crippen molar-refractivity contribution in [3.8, 4) is 5.75 Å². The van der Waals surface area contributed by atoms with E-state index >= 15 is 0 Å². The summed E-state index contributed by atoms with van der Waals surface area (Å²) in [6.07, 6.45) is 3.32. The van der Waals surface area contributed by atoms with Crippen LogP contribution in [-0.2, 0) is 12.8 Å². The highest BCUT2D eigenvalue weighted by molar-refractivity contribution is 5.37. The standard InChI is InChI=1S/C14H23NO/c1-5-13-10-12(7-6-11(2)15-3)8-9-14(13)16-4/h8-11,15H,5-7H2,1-4H3. The molecule has 0 saturated heterocycles. The van der Waals surface area contributed by atoms with Crippen LogP contribution in [0.2, 0.25) is 0 Å². The van der Waals surface area contributed by atoms with E-state index in [1.165, 1.54) is 17.5 Å². The molecule has 0 radical (unpaired) electrons. The fourth-order valence-corrected chi connectivity index (χ4v) is 1.79. The zero-order valence-corrected chi connectivity index (χ0v) is 10.8. The van der Waals surface area contributed by atoms with E-state index in [1.807, 2.05) is 7.05 Å². The molecule has 0 aliphatic rings. The van der Waals surface area contributed by atoms with Gasteiger partial charge in [-0.2, -0.15) is 0 Å². The van der Waals surface area contributed by atoms with Crippen LogP contribution in [0.15, 0.2) is 18.2 Å². The molecule has 0 heterocycles. The molecule has 1 unspecified atom stereocenters. The molecule has 90 valence electrons. The number of nitrogens with one attached hydrogen (secondary N) is 1. The lowest BCUT2D eigenvalue weighted by Crippen LogP contribution is -2.21. The highest BCUT2D eigenvalue weighted by Crippen LogP contribution is 2.21. The van der Waals surface area contributed by atoms with Crippen molar-refractivity contribution in [2.75, 3.05) is 14.2 Å². The van der Waals surface area contributed by atoms with Gasteiger partial charge in [0.1, 0.15) is 5.75 Å². The summed E-state index contributed by atoms with van der Waals surface area (Å²) in [5, 5.41) is 3.26. The van der Waals surface area contributed by atoms with Gasteiger partial charge < -0.3 is 10.1 Å². The summed E-state index contributed by atoms with van der Waals surface area (Å²) in [5.74, 6) is 1.01. The first kappa shape index (κ1) is 13.0. The van der Waals surface area contributed by atoms with Crippen LogP contribution in [0.3, 0.4) is 0 Å². The molecule has 1 atom stereocenters. The number of hydrogen-bond donors (Lipinski definition) is 1. The Hall–Kier alpha value is -1.02. The van der Waals surface area contributed by atoms with Gasteiger partial charge in [0.25, 0.3) is 0 Å². The minimum atomic E-state index is 0.576. The minimum absolute atomic E-state index is 0.576. The Kier molecular flexibility index (Phi) is 5.33. The number of methoxy groups -OCH3 is 1. The van der Waals surface area contributed by atoms with Crippen LogP contribution in [0.25, 0.3) is 0 Å². The van der Waals surface area contributed by atoms with Crippen molar-refractivity contribution < 1.29 is 4.74 Å². The Morgan fingerprint density at radius 1 is 1.38 bits per heavy atom. The predicted octanol–water partition coefficient (Wildman–Crippen LogP) is 2.80. The number of benzene rings is 1. The molecule has 0 aliphatic heterocycles. The number of ether oxygens (including phenoxy) is 1. The fourth-order valence-electron chi connectivity index (χ4n) is 1.79. The predicted molar refractivity (Wildman–Crippen MR) is 69.2 cm³/mol. The van der Waals surface area contributed by atoms with Crippen LogP contribution in [0.5, 0.6) is 5.75 Å². The summed E-state index contributed by atoms with van der Waals surface area (Å²) >= 11 is 0. The van der Waals surface area contributed by atoms with E-state index < -0.39 is 0 Å². The Morgan fingerprint density at radius 3 is 2.69 bits per heavy atom. The zero-order chi connectivity index (χ0) is 12.0. The summed E-state index contributed by atoms with van der Waals surface area (Å²) < 4.78 is 5.33. The lowest BCUT2D eigenvalue weighted by molar-refractivity contribution is 0.410. The quantitative estimate of drug-likeness (QED) is 0.797. The normalized spacial score (nSPS) is 12.5. The molecular formula is C14H23NO. The van der Waals surface area contributed by atoms with Crippen molar-refractivity contribution in [1.29, 1.82) is 0 Å². The van der Waals surface area contributed by atoms with Crippen molar-refractivity contribution >= 4 is 0 Å². The third-order valence-electron chi connectivity index (χ3n) is 3.08. The Bertz CT molecular complexity index is 323. The summed E-state index contributed by atoms with van der Waals surface area (Å²) in [7, 11) is 3.74. The third-order valence-corrected chi connectivity index (χ3v) is 3.08. The maximum absolute atomic E-state index is 5.33. The molecule has 0 saturated carbocycles. The lowest BCUT2D eigenvalue weighted by atomic mass is 10.0. The largest absolute Gasteiger partial charge is 0.496 e. The number of rotatable bonds is 6. The van der Waals surface area contributed by atoms with Gasteiger partial charge in [-0.15, -0.1) is 0 Å². The maximum Gasteiger partial charge on any atom is 0.122 e. The second-order valence-corrected chi connectivity index (χ2v) is 4.23. The Balaban J connectivity index is 2.67. The third kappa shape index (κ3) is 3.53. The average molecular weight is 221 g/mol. The second-order valence-electron chi connectivity index (χ2n) is 4.23. The van der Waals surface area contributed by atoms with E-state index in [1.54, 1.807) is 7.11 Å². The Labute approximate surface area is 99.0 Å². The van der Waals surface area contributed by atoms with Crippen molar-refractivity contribution in [1.82, 2.24) is 5.32 Å². The van der Waals surface area contributed by atoms with E-state index in [0.717, 1.165) is 18.6 Å². The maximum atomic E-state index is 5.33. The fraction of sp³-hybridized carbons (Fsp3) is 0.571. The first-order chi connectivity index (χ1) is 7.71. The molecule has 0 bridgehead atoms. The van der Waals surface area contributed by atoms with Gasteiger partial charge in [-0.25, -0.2) is 0 Å². The molecule has 2 nitrogen and oxygen atoms in total. The summed E-state index contributed by atoms with van der Waals surface area (Å²) in [4.78, 5) is 0. The first-order valence-corrected chi connectivity index (χ1v) is 6.04. The van der Waals surface area contributed by atoms with Crippen LogP contribution < -0.4 is 10.1 Å². The molecule has 0 amide bonds. The molecule has 0 spiro atoms. The number of hydrogen-bond acceptors (Lipinski definition) is 2. The topological polar surface area (TPSA) is 21.3 Å². The van der Waals surface area contributed by atoms with Gasteiger partial charge in [0, 0.05) is 6.04 Å². The van der Waals surface area contributed by atoms with Crippen molar-refractivity contribution in [2.24, 2.45) is 0 Å². The molecule has 0 aliphatic carbocycles. The molecule has 16 heavy (non-hydrogen) atoms. The highest BCUT2D eigenvalue weighted by Gasteiger charge is 2.04. The minimum Gasteiger partial charge on any atom is -0.496 e. The molecule has 0 fully saturated rings. The molecule has 1 aromatic rings. The molecular weight excluding hydrogens is 198 g/mol. The van der Waals surface area contributed by atoms with Gasteiger partial charge in [0.15, 0.2) is 0 Å². The van der Waals surface area contributed by atoms with Gasteiger partial charge in [-0.3, -0.25) is 0 Å². The number of aryl methyl sites for hydroxylation is 2. The van der Waals surface area contributed by atoms with Crippen LogP contribution in [0.1, 0.15) is 31.4 Å². The van der Waals surface area contributed by atoms with Crippen LogP contribution in [0, 0.1) is 0 Å². The van der Waals surface area contributed by atoms with Gasteiger partial charge in [0.05, 0.1) is 7.11 Å². The van der Waals surface area contributed by atoms with Crippen LogP contribution in [-0.4, -0.2) is 20.2 Å². The molecule has 1 rings (SSSR count). The van der Waals surface area contributed by atoms with Crippen LogP contribution >= 0.6 is 0 Å². The van der Waals surface area contributed by atoms with Crippen molar-refractivity contribution in [3.05, 3.63) is 29.3 Å². The molecule has 1 N–H and O–H groups in total. The molecule has 0 aromatic heterocycles. The zero-order valence-electron chi connectivity index (χ0n) is 10.8. The SMILES string of the molecule is CCc1cc(CCC(C)NC)ccc1OC. The smallest absolute Gasteiger partial charge is 0.122 e. The average Bonchev–Trinajstić information content (AvgIpc) is 2.35. The monoisotopic (exact) mass is 221 g/mol. The van der Waals surface area contributed by atoms with Gasteiger partial charge in [-0.1, -0.05) is 19.1 Å². The highest BCUT2D eigenvalue weighted by atomic mass is 16.5. The second kappa shape index (κ2) is 6.54. The van der Waals surface area contributed by atoms with E-state index in [-0.39, 0.29) is 0 Å². The summed E-state index contributed by atoms with van der Waals surface area (Å²) in [5.41, 5.74) is 2.71. The van der Waals surface area contributed by atoms with Gasteiger partial charge >= 0.3 is 0 Å². The van der Waals surface area contributed by atoms with Crippen molar-refractivity contribution in [2.45, 2.75) is 39.2 Å². The molecule has 1 aromatic carbocycles. The first-order valence-electron chi connectivity index (χ1n) is 6.04.